The van der Waals surface area contributed by atoms with Gasteiger partial charge in [0, 0.05) is 22.8 Å². The SMILES string of the molecule is COc1ccc(-n2nnc(C(=O)Nc3ccc(OC(F)(F)F)cc3)c2CSc2nc(C)cc(C)n2)cc1. The summed E-state index contributed by atoms with van der Waals surface area (Å²) < 4.78 is 47.8. The summed E-state index contributed by atoms with van der Waals surface area (Å²) in [7, 11) is 1.56. The average Bonchev–Trinajstić information content (AvgIpc) is 3.26. The lowest BCUT2D eigenvalue weighted by Crippen LogP contribution is -2.17. The Morgan fingerprint density at radius 1 is 1.00 bits per heavy atom. The molecule has 0 saturated heterocycles. The number of carbonyl (C=O) groups is 1. The van der Waals surface area contributed by atoms with E-state index in [0.717, 1.165) is 23.5 Å². The minimum absolute atomic E-state index is 0.0447. The molecular weight excluding hydrogens is 509 g/mol. The van der Waals surface area contributed by atoms with Crippen LogP contribution < -0.4 is 14.8 Å². The van der Waals surface area contributed by atoms with Crippen LogP contribution in [-0.2, 0) is 5.75 Å². The van der Waals surface area contributed by atoms with Crippen molar-refractivity contribution in [3.63, 3.8) is 0 Å². The molecule has 2 aromatic carbocycles. The van der Waals surface area contributed by atoms with E-state index in [0.29, 0.717) is 22.3 Å². The Morgan fingerprint density at radius 3 is 2.22 bits per heavy atom. The molecule has 192 valence electrons. The molecule has 2 heterocycles. The molecule has 0 atom stereocenters. The summed E-state index contributed by atoms with van der Waals surface area (Å²) in [5, 5.41) is 11.4. The van der Waals surface area contributed by atoms with Crippen LogP contribution in [0.2, 0.25) is 0 Å². The van der Waals surface area contributed by atoms with E-state index in [4.69, 9.17) is 4.74 Å². The molecule has 0 radical (unpaired) electrons. The van der Waals surface area contributed by atoms with E-state index < -0.39 is 18.0 Å². The molecule has 0 bridgehead atoms. The van der Waals surface area contributed by atoms with E-state index in [9.17, 15) is 18.0 Å². The Hall–Kier alpha value is -4.13. The summed E-state index contributed by atoms with van der Waals surface area (Å²) in [6.45, 7) is 3.73. The van der Waals surface area contributed by atoms with Crippen molar-refractivity contribution in [3.8, 4) is 17.2 Å². The third-order valence-electron chi connectivity index (χ3n) is 4.94. The molecule has 0 aliphatic carbocycles. The standard InChI is InChI=1S/C24H21F3N6O3S/c1-14-12-15(2)29-23(28-14)37-13-20-21(31-32-33(20)17-6-10-18(35-3)11-7-17)22(34)30-16-4-8-19(9-5-16)36-24(25,26)27/h4-12H,13H2,1-3H3,(H,30,34). The first kappa shape index (κ1) is 25.9. The lowest BCUT2D eigenvalue weighted by Gasteiger charge is -2.11. The Morgan fingerprint density at radius 2 is 1.62 bits per heavy atom. The molecule has 0 aliphatic rings. The van der Waals surface area contributed by atoms with Gasteiger partial charge in [-0.05, 0) is 68.4 Å². The third kappa shape index (κ3) is 6.76. The molecule has 0 unspecified atom stereocenters. The number of aromatic nitrogens is 5. The quantitative estimate of drug-likeness (QED) is 0.247. The van der Waals surface area contributed by atoms with E-state index in [1.54, 1.807) is 31.4 Å². The number of benzene rings is 2. The largest absolute Gasteiger partial charge is 0.573 e. The average molecular weight is 531 g/mol. The summed E-state index contributed by atoms with van der Waals surface area (Å²) in [6.07, 6.45) is -4.81. The summed E-state index contributed by atoms with van der Waals surface area (Å²) in [6, 6.07) is 13.7. The highest BCUT2D eigenvalue weighted by Crippen LogP contribution is 2.27. The number of anilines is 1. The van der Waals surface area contributed by atoms with Crippen molar-refractivity contribution in [2.45, 2.75) is 31.1 Å². The van der Waals surface area contributed by atoms with Crippen molar-refractivity contribution in [2.24, 2.45) is 0 Å². The first-order valence-corrected chi connectivity index (χ1v) is 11.8. The molecule has 37 heavy (non-hydrogen) atoms. The Kier molecular flexibility index (Phi) is 7.62. The van der Waals surface area contributed by atoms with Gasteiger partial charge in [-0.1, -0.05) is 17.0 Å². The minimum Gasteiger partial charge on any atom is -0.497 e. The molecule has 0 spiro atoms. The van der Waals surface area contributed by atoms with Crippen LogP contribution in [0.3, 0.4) is 0 Å². The van der Waals surface area contributed by atoms with Gasteiger partial charge in [-0.25, -0.2) is 14.6 Å². The van der Waals surface area contributed by atoms with Crippen LogP contribution in [0.4, 0.5) is 18.9 Å². The number of halogens is 3. The monoisotopic (exact) mass is 530 g/mol. The molecule has 9 nitrogen and oxygen atoms in total. The molecule has 0 fully saturated rings. The van der Waals surface area contributed by atoms with Gasteiger partial charge in [-0.3, -0.25) is 4.79 Å². The molecule has 4 rings (SSSR count). The summed E-state index contributed by atoms with van der Waals surface area (Å²) >= 11 is 1.32. The number of aryl methyl sites for hydroxylation is 2. The van der Waals surface area contributed by atoms with Gasteiger partial charge in [-0.15, -0.1) is 18.3 Å². The number of alkyl halides is 3. The third-order valence-corrected chi connectivity index (χ3v) is 5.80. The van der Waals surface area contributed by atoms with Gasteiger partial charge in [0.2, 0.25) is 0 Å². The van der Waals surface area contributed by atoms with Crippen LogP contribution >= 0.6 is 11.8 Å². The van der Waals surface area contributed by atoms with Crippen LogP contribution in [0.15, 0.2) is 59.8 Å². The zero-order chi connectivity index (χ0) is 26.6. The van der Waals surface area contributed by atoms with Gasteiger partial charge in [0.25, 0.3) is 5.91 Å². The number of hydrogen-bond donors (Lipinski definition) is 1. The van der Waals surface area contributed by atoms with E-state index in [1.165, 1.54) is 28.6 Å². The molecule has 0 aliphatic heterocycles. The number of hydrogen-bond acceptors (Lipinski definition) is 8. The lowest BCUT2D eigenvalue weighted by molar-refractivity contribution is -0.274. The zero-order valence-corrected chi connectivity index (χ0v) is 20.7. The van der Waals surface area contributed by atoms with Crippen molar-refractivity contribution >= 4 is 23.4 Å². The fourth-order valence-electron chi connectivity index (χ4n) is 3.36. The molecule has 2 aromatic heterocycles. The number of nitrogens with one attached hydrogen (secondary N) is 1. The number of carbonyl (C=O) groups excluding carboxylic acids is 1. The second-order valence-corrected chi connectivity index (χ2v) is 8.69. The number of amides is 1. The van der Waals surface area contributed by atoms with Crippen molar-refractivity contribution in [3.05, 3.63) is 77.4 Å². The maximum absolute atomic E-state index is 13.1. The van der Waals surface area contributed by atoms with E-state index >= 15 is 0 Å². The fraction of sp³-hybridized carbons (Fsp3) is 0.208. The van der Waals surface area contributed by atoms with Gasteiger partial charge in [0.05, 0.1) is 18.5 Å². The molecule has 1 amide bonds. The Labute approximate surface area is 214 Å². The van der Waals surface area contributed by atoms with E-state index in [1.807, 2.05) is 19.9 Å². The van der Waals surface area contributed by atoms with Gasteiger partial charge in [-0.2, -0.15) is 0 Å². The Bertz CT molecular complexity index is 1370. The molecule has 0 saturated carbocycles. The second-order valence-electron chi connectivity index (χ2n) is 7.74. The number of ether oxygens (including phenoxy) is 2. The summed E-state index contributed by atoms with van der Waals surface area (Å²) in [5.41, 5.74) is 3.06. The van der Waals surface area contributed by atoms with Crippen LogP contribution in [0.1, 0.15) is 27.6 Å². The molecular formula is C24H21F3N6O3S. The number of nitrogens with zero attached hydrogens (tertiary/aromatic N) is 5. The highest BCUT2D eigenvalue weighted by atomic mass is 32.2. The van der Waals surface area contributed by atoms with Crippen molar-refractivity contribution in [2.75, 3.05) is 12.4 Å². The highest BCUT2D eigenvalue weighted by Gasteiger charge is 2.31. The van der Waals surface area contributed by atoms with Gasteiger partial charge in [0.1, 0.15) is 11.5 Å². The minimum atomic E-state index is -4.81. The second kappa shape index (κ2) is 10.9. The first-order chi connectivity index (χ1) is 17.6. The predicted octanol–water partition coefficient (Wildman–Crippen LogP) is 5.13. The van der Waals surface area contributed by atoms with Gasteiger partial charge >= 0.3 is 6.36 Å². The van der Waals surface area contributed by atoms with Crippen LogP contribution in [0.25, 0.3) is 5.69 Å². The van der Waals surface area contributed by atoms with Gasteiger partial charge < -0.3 is 14.8 Å². The first-order valence-electron chi connectivity index (χ1n) is 10.8. The summed E-state index contributed by atoms with van der Waals surface area (Å²) in [5.74, 6) is -0.0646. The van der Waals surface area contributed by atoms with Crippen LogP contribution in [0, 0.1) is 13.8 Å². The van der Waals surface area contributed by atoms with Gasteiger partial charge in [0.15, 0.2) is 10.9 Å². The lowest BCUT2D eigenvalue weighted by atomic mass is 10.2. The topological polar surface area (TPSA) is 104 Å². The zero-order valence-electron chi connectivity index (χ0n) is 19.9. The molecule has 4 aromatic rings. The fourth-order valence-corrected chi connectivity index (χ4v) is 4.30. The van der Waals surface area contributed by atoms with Crippen molar-refractivity contribution < 1.29 is 27.4 Å². The van der Waals surface area contributed by atoms with Crippen LogP contribution in [-0.4, -0.2) is 44.3 Å². The number of methoxy groups -OCH3 is 1. The Balaban J connectivity index is 1.61. The van der Waals surface area contributed by atoms with Crippen LogP contribution in [0.5, 0.6) is 11.5 Å². The number of rotatable bonds is 8. The van der Waals surface area contributed by atoms with E-state index in [-0.39, 0.29) is 17.1 Å². The maximum Gasteiger partial charge on any atom is 0.573 e. The van der Waals surface area contributed by atoms with Crippen molar-refractivity contribution in [1.29, 1.82) is 0 Å². The molecule has 1 N–H and O–H groups in total. The smallest absolute Gasteiger partial charge is 0.497 e. The van der Waals surface area contributed by atoms with E-state index in [2.05, 4.69) is 30.3 Å². The van der Waals surface area contributed by atoms with Crippen molar-refractivity contribution in [1.82, 2.24) is 25.0 Å². The highest BCUT2D eigenvalue weighted by molar-refractivity contribution is 7.98. The normalized spacial score (nSPS) is 11.3. The predicted molar refractivity (Wildman–Crippen MR) is 130 cm³/mol. The molecule has 13 heteroatoms. The number of thioether (sulfide) groups is 1. The summed E-state index contributed by atoms with van der Waals surface area (Å²) in [4.78, 5) is 22.0. The maximum atomic E-state index is 13.1.